The second-order valence-corrected chi connectivity index (χ2v) is 8.71. The maximum absolute atomic E-state index is 13.3. The van der Waals surface area contributed by atoms with Crippen LogP contribution >= 0.6 is 23.2 Å². The summed E-state index contributed by atoms with van der Waals surface area (Å²) in [6, 6.07) is 10.7. The van der Waals surface area contributed by atoms with E-state index in [9.17, 15) is 19.5 Å². The second-order valence-electron chi connectivity index (χ2n) is 7.90. The van der Waals surface area contributed by atoms with Crippen molar-refractivity contribution in [1.29, 1.82) is 0 Å². The van der Waals surface area contributed by atoms with Crippen molar-refractivity contribution in [2.45, 2.75) is 33.5 Å². The Balaban J connectivity index is 2.10. The van der Waals surface area contributed by atoms with Crippen LogP contribution in [0.3, 0.4) is 0 Å². The number of anilines is 2. The number of carboxylic acid groups (broad SMARTS) is 1. The van der Waals surface area contributed by atoms with Gasteiger partial charge in [0.1, 0.15) is 0 Å². The van der Waals surface area contributed by atoms with Crippen LogP contribution in [-0.4, -0.2) is 32.3 Å². The first-order valence-electron chi connectivity index (χ1n) is 10.3. The number of aryl methyl sites for hydroxylation is 1. The van der Waals surface area contributed by atoms with Crippen LogP contribution in [0.25, 0.3) is 0 Å². The van der Waals surface area contributed by atoms with Gasteiger partial charge in [-0.25, -0.2) is 14.2 Å². The minimum absolute atomic E-state index is 0.0265. The number of hydrogen-bond donors (Lipinski definition) is 2. The average Bonchev–Trinajstić information content (AvgIpc) is 2.77. The lowest BCUT2D eigenvalue weighted by molar-refractivity contribution is -0.141. The normalized spacial score (nSPS) is 11.9. The number of carboxylic acids is 1. The van der Waals surface area contributed by atoms with E-state index in [0.717, 1.165) is 15.7 Å². The van der Waals surface area contributed by atoms with Crippen molar-refractivity contribution >= 4 is 40.8 Å². The number of nitrogens with one attached hydrogen (secondary N) is 1. The van der Waals surface area contributed by atoms with Crippen molar-refractivity contribution in [3.63, 3.8) is 0 Å². The van der Waals surface area contributed by atoms with E-state index in [1.807, 2.05) is 31.2 Å². The average molecular weight is 507 g/mol. The largest absolute Gasteiger partial charge is 0.481 e. The highest BCUT2D eigenvalue weighted by atomic mass is 35.5. The number of rotatable bonds is 9. The first-order chi connectivity index (χ1) is 16.1. The molecule has 11 heteroatoms. The maximum Gasteiger partial charge on any atom is 0.354 e. The molecule has 0 amide bonds. The van der Waals surface area contributed by atoms with Gasteiger partial charge in [-0.1, -0.05) is 60.0 Å². The fourth-order valence-corrected chi connectivity index (χ4v) is 3.83. The lowest BCUT2D eigenvalue weighted by Gasteiger charge is -2.17. The van der Waals surface area contributed by atoms with Gasteiger partial charge in [0.2, 0.25) is 5.95 Å². The Bertz CT molecular complexity index is 1300. The molecule has 0 spiro atoms. The predicted octanol–water partition coefficient (Wildman–Crippen LogP) is 3.68. The van der Waals surface area contributed by atoms with E-state index >= 15 is 0 Å². The topological polar surface area (TPSA) is 115 Å². The van der Waals surface area contributed by atoms with E-state index < -0.39 is 23.3 Å². The Hall–Kier alpha value is -3.14. The fourth-order valence-electron chi connectivity index (χ4n) is 3.24. The van der Waals surface area contributed by atoms with Crippen LogP contribution in [0.4, 0.5) is 11.6 Å². The van der Waals surface area contributed by atoms with Crippen molar-refractivity contribution in [2.75, 3.05) is 12.4 Å². The highest BCUT2D eigenvalue weighted by Gasteiger charge is 2.19. The smallest absolute Gasteiger partial charge is 0.354 e. The highest BCUT2D eigenvalue weighted by molar-refractivity contribution is 6.36. The molecular weight excluding hydrogens is 483 g/mol. The fraction of sp³-hybridized carbons (Fsp3) is 0.304. The van der Waals surface area contributed by atoms with Gasteiger partial charge in [0.05, 0.1) is 19.1 Å². The molecule has 0 aliphatic carbocycles. The molecule has 0 saturated carbocycles. The first kappa shape index (κ1) is 25.5. The molecule has 2 N–H and O–H groups in total. The summed E-state index contributed by atoms with van der Waals surface area (Å²) in [5.74, 6) is -2.11. The Morgan fingerprint density at radius 1 is 1.15 bits per heavy atom. The van der Waals surface area contributed by atoms with Gasteiger partial charge in [0, 0.05) is 35.0 Å². The number of methoxy groups -OCH3 is 1. The Labute approximate surface area is 205 Å². The van der Waals surface area contributed by atoms with Gasteiger partial charge < -0.3 is 15.2 Å². The van der Waals surface area contributed by atoms with Gasteiger partial charge in [-0.05, 0) is 24.6 Å². The number of aliphatic carboxylic acids is 1. The number of carbonyl (C=O) groups is 1. The number of aromatic nitrogens is 3. The summed E-state index contributed by atoms with van der Waals surface area (Å²) in [6.45, 7) is 3.36. The molecule has 0 saturated heterocycles. The monoisotopic (exact) mass is 506 g/mol. The Morgan fingerprint density at radius 3 is 2.32 bits per heavy atom. The summed E-state index contributed by atoms with van der Waals surface area (Å²) in [7, 11) is 1.52. The summed E-state index contributed by atoms with van der Waals surface area (Å²) in [5, 5.41) is 12.9. The molecule has 3 aromatic rings. The molecule has 180 valence electrons. The van der Waals surface area contributed by atoms with Gasteiger partial charge in [-0.2, -0.15) is 4.98 Å². The van der Waals surface area contributed by atoms with Crippen molar-refractivity contribution in [3.05, 3.63) is 84.1 Å². The quantitative estimate of drug-likeness (QED) is 0.454. The summed E-state index contributed by atoms with van der Waals surface area (Å²) in [4.78, 5) is 41.3. The van der Waals surface area contributed by atoms with Gasteiger partial charge in [-0.15, -0.1) is 0 Å². The van der Waals surface area contributed by atoms with Crippen LogP contribution in [0.2, 0.25) is 10.0 Å². The van der Waals surface area contributed by atoms with Crippen LogP contribution in [0.5, 0.6) is 0 Å². The SMILES string of the molecule is COCc1c(Cl)cc(Nc2nc(=O)n(C[C@H](C)C(=O)O)c(=O)n2Cc2ccc(C)cc2)cc1Cl. The zero-order chi connectivity index (χ0) is 25.0. The van der Waals surface area contributed by atoms with Crippen molar-refractivity contribution in [1.82, 2.24) is 14.1 Å². The van der Waals surface area contributed by atoms with Crippen LogP contribution < -0.4 is 16.7 Å². The molecule has 9 nitrogen and oxygen atoms in total. The van der Waals surface area contributed by atoms with Crippen molar-refractivity contribution in [3.8, 4) is 0 Å². The maximum atomic E-state index is 13.3. The summed E-state index contributed by atoms with van der Waals surface area (Å²) >= 11 is 12.6. The van der Waals surface area contributed by atoms with Gasteiger partial charge in [-0.3, -0.25) is 9.36 Å². The van der Waals surface area contributed by atoms with E-state index in [2.05, 4.69) is 10.3 Å². The lowest BCUT2D eigenvalue weighted by atomic mass is 10.1. The van der Waals surface area contributed by atoms with Crippen LogP contribution in [0, 0.1) is 12.8 Å². The third-order valence-corrected chi connectivity index (χ3v) is 5.85. The number of ether oxygens (including phenoxy) is 1. The van der Waals surface area contributed by atoms with E-state index in [4.69, 9.17) is 27.9 Å². The molecule has 0 aliphatic heterocycles. The standard InChI is InChI=1S/C23H24Cl2N4O5/c1-13-4-6-15(7-5-13)11-28-21(26-16-8-18(24)17(12-34-3)19(25)9-16)27-22(32)29(23(28)33)10-14(2)20(30)31/h4-9,14H,10-12H2,1-3H3,(H,30,31)(H,26,27,32)/t14-/m0/s1. The third-order valence-electron chi connectivity index (χ3n) is 5.18. The molecular formula is C23H24Cl2N4O5. The first-order valence-corrected chi connectivity index (χ1v) is 11.1. The second kappa shape index (κ2) is 10.9. The molecule has 0 radical (unpaired) electrons. The van der Waals surface area contributed by atoms with Crippen LogP contribution in [0.15, 0.2) is 46.0 Å². The molecule has 3 rings (SSSR count). The van der Waals surface area contributed by atoms with Gasteiger partial charge >= 0.3 is 17.3 Å². The molecule has 0 bridgehead atoms. The molecule has 1 heterocycles. The number of halogens is 2. The number of nitrogens with zero attached hydrogens (tertiary/aromatic N) is 3. The molecule has 34 heavy (non-hydrogen) atoms. The van der Waals surface area contributed by atoms with E-state index in [1.165, 1.54) is 18.6 Å². The zero-order valence-corrected chi connectivity index (χ0v) is 20.4. The van der Waals surface area contributed by atoms with Crippen molar-refractivity contribution < 1.29 is 14.6 Å². The van der Waals surface area contributed by atoms with Crippen molar-refractivity contribution in [2.24, 2.45) is 5.92 Å². The van der Waals surface area contributed by atoms with Gasteiger partial charge in [0.25, 0.3) is 0 Å². The molecule has 0 unspecified atom stereocenters. The zero-order valence-electron chi connectivity index (χ0n) is 18.8. The van der Waals surface area contributed by atoms with E-state index in [1.54, 1.807) is 12.1 Å². The van der Waals surface area contributed by atoms with Crippen LogP contribution in [-0.2, 0) is 29.2 Å². The summed E-state index contributed by atoms with van der Waals surface area (Å²) in [6.07, 6.45) is 0. The molecule has 1 aromatic heterocycles. The number of hydrogen-bond acceptors (Lipinski definition) is 6. The number of benzene rings is 2. The molecule has 0 fully saturated rings. The Morgan fingerprint density at radius 2 is 1.76 bits per heavy atom. The molecule has 1 atom stereocenters. The third kappa shape index (κ3) is 5.85. The molecule has 2 aromatic carbocycles. The van der Waals surface area contributed by atoms with Crippen LogP contribution in [0.1, 0.15) is 23.6 Å². The predicted molar refractivity (Wildman–Crippen MR) is 130 cm³/mol. The summed E-state index contributed by atoms with van der Waals surface area (Å²) in [5.41, 5.74) is 1.29. The minimum atomic E-state index is -1.13. The van der Waals surface area contributed by atoms with E-state index in [0.29, 0.717) is 21.3 Å². The summed E-state index contributed by atoms with van der Waals surface area (Å²) < 4.78 is 7.19. The molecule has 0 aliphatic rings. The highest BCUT2D eigenvalue weighted by Crippen LogP contribution is 2.30. The minimum Gasteiger partial charge on any atom is -0.481 e. The Kier molecular flexibility index (Phi) is 8.14. The lowest BCUT2D eigenvalue weighted by Crippen LogP contribution is -2.44. The van der Waals surface area contributed by atoms with E-state index in [-0.39, 0.29) is 25.6 Å². The van der Waals surface area contributed by atoms with Gasteiger partial charge in [0.15, 0.2) is 0 Å².